The van der Waals surface area contributed by atoms with Crippen LogP contribution in [0.15, 0.2) is 41.1 Å². The van der Waals surface area contributed by atoms with Crippen LogP contribution in [0.3, 0.4) is 0 Å². The molecule has 84 valence electrons. The highest BCUT2D eigenvalue weighted by molar-refractivity contribution is 5.61. The summed E-state index contributed by atoms with van der Waals surface area (Å²) in [6.07, 6.45) is 4.18. The first kappa shape index (κ1) is 10.5. The van der Waals surface area contributed by atoms with Crippen molar-refractivity contribution in [2.24, 2.45) is 0 Å². The summed E-state index contributed by atoms with van der Waals surface area (Å²) >= 11 is 0. The summed E-state index contributed by atoms with van der Waals surface area (Å²) < 4.78 is 5.29. The Morgan fingerprint density at radius 3 is 3.00 bits per heavy atom. The monoisotopic (exact) mass is 217 g/mol. The largest absolute Gasteiger partial charge is 0.469 e. The summed E-state index contributed by atoms with van der Waals surface area (Å²) in [5.41, 5.74) is 6.61. The lowest BCUT2D eigenvalue weighted by molar-refractivity contribution is 0.498. The molecule has 0 radical (unpaired) electrons. The summed E-state index contributed by atoms with van der Waals surface area (Å²) in [6.45, 7) is 2.08. The van der Waals surface area contributed by atoms with Crippen molar-refractivity contribution >= 4 is 11.5 Å². The summed E-state index contributed by atoms with van der Waals surface area (Å²) in [6, 6.07) is 7.88. The van der Waals surface area contributed by atoms with Crippen LogP contribution in [0.4, 0.5) is 11.5 Å². The van der Waals surface area contributed by atoms with E-state index in [1.54, 1.807) is 12.5 Å². The minimum Gasteiger partial charge on any atom is -0.469 e. The third kappa shape index (κ3) is 2.53. The first-order valence-corrected chi connectivity index (χ1v) is 5.25. The molecule has 0 aliphatic carbocycles. The fourth-order valence-electron chi connectivity index (χ4n) is 1.59. The molecule has 2 rings (SSSR count). The zero-order valence-electron chi connectivity index (χ0n) is 9.18. The van der Waals surface area contributed by atoms with Gasteiger partial charge in [0.1, 0.15) is 11.6 Å². The molecule has 0 aromatic carbocycles. The number of nitrogen functional groups attached to an aromatic ring is 1. The van der Waals surface area contributed by atoms with Gasteiger partial charge in [0.25, 0.3) is 0 Å². The predicted molar refractivity (Wildman–Crippen MR) is 64.1 cm³/mol. The molecule has 1 unspecified atom stereocenters. The summed E-state index contributed by atoms with van der Waals surface area (Å²) in [5, 5.41) is 3.30. The molecule has 16 heavy (non-hydrogen) atoms. The van der Waals surface area contributed by atoms with Crippen molar-refractivity contribution in [2.45, 2.75) is 19.4 Å². The zero-order valence-corrected chi connectivity index (χ0v) is 9.18. The predicted octanol–water partition coefficient (Wildman–Crippen LogP) is 2.30. The number of pyridine rings is 1. The molecule has 1 atom stereocenters. The van der Waals surface area contributed by atoms with Gasteiger partial charge in [-0.2, -0.15) is 0 Å². The molecule has 4 nitrogen and oxygen atoms in total. The average molecular weight is 217 g/mol. The number of hydrogen-bond donors (Lipinski definition) is 2. The van der Waals surface area contributed by atoms with Crippen LogP contribution in [-0.4, -0.2) is 11.0 Å². The van der Waals surface area contributed by atoms with E-state index >= 15 is 0 Å². The van der Waals surface area contributed by atoms with Gasteiger partial charge < -0.3 is 15.5 Å². The lowest BCUT2D eigenvalue weighted by Crippen LogP contribution is -2.18. The van der Waals surface area contributed by atoms with Crippen molar-refractivity contribution in [3.05, 3.63) is 42.5 Å². The van der Waals surface area contributed by atoms with E-state index in [0.717, 1.165) is 17.9 Å². The fourth-order valence-corrected chi connectivity index (χ4v) is 1.59. The van der Waals surface area contributed by atoms with E-state index < -0.39 is 0 Å². The van der Waals surface area contributed by atoms with Gasteiger partial charge in [-0.1, -0.05) is 0 Å². The standard InChI is InChI=1S/C12H15N3O/c1-9(8-10-4-3-7-16-10)15-11-5-2-6-14-12(11)13/h2-7,9,15H,8H2,1H3,(H2,13,14). The Hall–Kier alpha value is -1.97. The maximum atomic E-state index is 5.75. The smallest absolute Gasteiger partial charge is 0.146 e. The van der Waals surface area contributed by atoms with E-state index in [-0.39, 0.29) is 6.04 Å². The van der Waals surface area contributed by atoms with Crippen LogP contribution >= 0.6 is 0 Å². The van der Waals surface area contributed by atoms with E-state index in [2.05, 4.69) is 17.2 Å². The minimum absolute atomic E-state index is 0.248. The van der Waals surface area contributed by atoms with Crippen molar-refractivity contribution in [3.8, 4) is 0 Å². The van der Waals surface area contributed by atoms with Crippen LogP contribution in [-0.2, 0) is 6.42 Å². The lowest BCUT2D eigenvalue weighted by atomic mass is 10.2. The second-order valence-electron chi connectivity index (χ2n) is 3.77. The third-order valence-electron chi connectivity index (χ3n) is 2.33. The summed E-state index contributed by atoms with van der Waals surface area (Å²) in [7, 11) is 0. The van der Waals surface area contributed by atoms with Gasteiger partial charge in [0, 0.05) is 18.7 Å². The molecule has 2 aromatic rings. The number of rotatable bonds is 4. The molecule has 0 saturated heterocycles. The van der Waals surface area contributed by atoms with Gasteiger partial charge in [-0.15, -0.1) is 0 Å². The van der Waals surface area contributed by atoms with Crippen LogP contribution in [0.2, 0.25) is 0 Å². The number of anilines is 2. The van der Waals surface area contributed by atoms with Gasteiger partial charge in [0.2, 0.25) is 0 Å². The fraction of sp³-hybridized carbons (Fsp3) is 0.250. The molecule has 0 spiro atoms. The number of hydrogen-bond acceptors (Lipinski definition) is 4. The van der Waals surface area contributed by atoms with E-state index in [1.165, 1.54) is 0 Å². The highest BCUT2D eigenvalue weighted by Gasteiger charge is 2.07. The highest BCUT2D eigenvalue weighted by atomic mass is 16.3. The van der Waals surface area contributed by atoms with E-state index in [9.17, 15) is 0 Å². The second kappa shape index (κ2) is 4.70. The van der Waals surface area contributed by atoms with Crippen LogP contribution in [0.25, 0.3) is 0 Å². The normalized spacial score (nSPS) is 12.3. The van der Waals surface area contributed by atoms with Crippen molar-refractivity contribution < 1.29 is 4.42 Å². The van der Waals surface area contributed by atoms with Gasteiger partial charge >= 0.3 is 0 Å². The molecule has 0 aliphatic heterocycles. The Balaban J connectivity index is 1.97. The van der Waals surface area contributed by atoms with Gasteiger partial charge in [-0.05, 0) is 31.2 Å². The summed E-state index contributed by atoms with van der Waals surface area (Å²) in [5.74, 6) is 1.48. The summed E-state index contributed by atoms with van der Waals surface area (Å²) in [4.78, 5) is 4.02. The number of aromatic nitrogens is 1. The van der Waals surface area contributed by atoms with Crippen molar-refractivity contribution in [3.63, 3.8) is 0 Å². The Morgan fingerprint density at radius 1 is 1.44 bits per heavy atom. The van der Waals surface area contributed by atoms with E-state index in [0.29, 0.717) is 5.82 Å². The Kier molecular flexibility index (Phi) is 3.10. The Bertz CT molecular complexity index is 439. The Morgan fingerprint density at radius 2 is 2.31 bits per heavy atom. The number of nitrogens with zero attached hydrogens (tertiary/aromatic N) is 1. The van der Waals surface area contributed by atoms with Gasteiger partial charge in [0.15, 0.2) is 0 Å². The van der Waals surface area contributed by atoms with Crippen molar-refractivity contribution in [1.29, 1.82) is 0 Å². The van der Waals surface area contributed by atoms with Crippen LogP contribution in [0.1, 0.15) is 12.7 Å². The molecule has 0 fully saturated rings. The maximum Gasteiger partial charge on any atom is 0.146 e. The molecule has 0 saturated carbocycles. The Labute approximate surface area is 94.5 Å². The van der Waals surface area contributed by atoms with Gasteiger partial charge in [-0.3, -0.25) is 0 Å². The van der Waals surface area contributed by atoms with Crippen LogP contribution in [0, 0.1) is 0 Å². The van der Waals surface area contributed by atoms with Crippen LogP contribution < -0.4 is 11.1 Å². The van der Waals surface area contributed by atoms with Crippen LogP contribution in [0.5, 0.6) is 0 Å². The zero-order chi connectivity index (χ0) is 11.4. The topological polar surface area (TPSA) is 64.1 Å². The highest BCUT2D eigenvalue weighted by Crippen LogP contribution is 2.16. The number of furan rings is 1. The molecule has 2 heterocycles. The molecular formula is C12H15N3O. The van der Waals surface area contributed by atoms with Gasteiger partial charge in [-0.25, -0.2) is 4.98 Å². The van der Waals surface area contributed by atoms with E-state index in [1.807, 2.05) is 24.3 Å². The minimum atomic E-state index is 0.248. The van der Waals surface area contributed by atoms with E-state index in [4.69, 9.17) is 10.2 Å². The maximum absolute atomic E-state index is 5.75. The first-order valence-electron chi connectivity index (χ1n) is 5.25. The van der Waals surface area contributed by atoms with Gasteiger partial charge in [0.05, 0.1) is 12.0 Å². The second-order valence-corrected chi connectivity index (χ2v) is 3.77. The molecule has 0 aliphatic rings. The van der Waals surface area contributed by atoms with Crippen molar-refractivity contribution in [2.75, 3.05) is 11.1 Å². The SMILES string of the molecule is CC(Cc1ccco1)Nc1cccnc1N. The van der Waals surface area contributed by atoms with Crippen molar-refractivity contribution in [1.82, 2.24) is 4.98 Å². The molecule has 2 aromatic heterocycles. The molecule has 0 bridgehead atoms. The average Bonchev–Trinajstić information content (AvgIpc) is 2.74. The molecular weight excluding hydrogens is 202 g/mol. The third-order valence-corrected chi connectivity index (χ3v) is 2.33. The molecule has 0 amide bonds. The molecule has 3 N–H and O–H groups in total. The lowest BCUT2D eigenvalue weighted by Gasteiger charge is -2.14. The first-order chi connectivity index (χ1) is 7.75. The number of nitrogens with two attached hydrogens (primary N) is 1. The molecule has 4 heteroatoms. The number of nitrogens with one attached hydrogen (secondary N) is 1. The quantitative estimate of drug-likeness (QED) is 0.824.